The van der Waals surface area contributed by atoms with E-state index in [2.05, 4.69) is 4.74 Å². The average Bonchev–Trinajstić information content (AvgIpc) is 2.40. The molecule has 0 aromatic heterocycles. The summed E-state index contributed by atoms with van der Waals surface area (Å²) >= 11 is 5.54. The zero-order chi connectivity index (χ0) is 17.3. The lowest BCUT2D eigenvalue weighted by Gasteiger charge is -2.14. The number of halogens is 5. The van der Waals surface area contributed by atoms with Gasteiger partial charge in [0.15, 0.2) is 0 Å². The van der Waals surface area contributed by atoms with Crippen molar-refractivity contribution in [2.75, 3.05) is 4.72 Å². The molecular weight excluding hydrogens is 362 g/mol. The molecule has 0 aliphatic rings. The van der Waals surface area contributed by atoms with Crippen molar-refractivity contribution in [1.82, 2.24) is 0 Å². The summed E-state index contributed by atoms with van der Waals surface area (Å²) in [5, 5.41) is 0.0336. The minimum atomic E-state index is -5.07. The first kappa shape index (κ1) is 17.4. The van der Waals surface area contributed by atoms with E-state index in [1.165, 1.54) is 18.2 Å². The SMILES string of the molecule is O=S(=O)(Nc1ccc(Cl)cc1F)c1ccccc1OC(F)(F)F. The molecule has 124 valence electrons. The molecule has 2 aromatic carbocycles. The van der Waals surface area contributed by atoms with Crippen molar-refractivity contribution in [2.45, 2.75) is 11.3 Å². The Morgan fingerprint density at radius 3 is 2.35 bits per heavy atom. The molecule has 0 atom stereocenters. The summed E-state index contributed by atoms with van der Waals surface area (Å²) in [6.45, 7) is 0. The Morgan fingerprint density at radius 2 is 1.74 bits per heavy atom. The van der Waals surface area contributed by atoms with Crippen LogP contribution in [0.3, 0.4) is 0 Å². The van der Waals surface area contributed by atoms with Crippen molar-refractivity contribution < 1.29 is 30.7 Å². The maximum Gasteiger partial charge on any atom is 0.573 e. The maximum atomic E-state index is 13.6. The summed E-state index contributed by atoms with van der Waals surface area (Å²) in [6, 6.07) is 7.23. The topological polar surface area (TPSA) is 55.4 Å². The van der Waals surface area contributed by atoms with Gasteiger partial charge in [0.2, 0.25) is 0 Å². The molecule has 0 radical (unpaired) electrons. The van der Waals surface area contributed by atoms with E-state index >= 15 is 0 Å². The second-order valence-corrected chi connectivity index (χ2v) is 6.31. The highest BCUT2D eigenvalue weighted by Crippen LogP contribution is 2.31. The van der Waals surface area contributed by atoms with Crippen LogP contribution in [-0.4, -0.2) is 14.8 Å². The molecule has 0 unspecified atom stereocenters. The zero-order valence-corrected chi connectivity index (χ0v) is 12.6. The Balaban J connectivity index is 2.40. The van der Waals surface area contributed by atoms with Crippen LogP contribution in [0.25, 0.3) is 0 Å². The molecule has 0 amide bonds. The van der Waals surface area contributed by atoms with Crippen LogP contribution in [0.4, 0.5) is 23.2 Å². The summed E-state index contributed by atoms with van der Waals surface area (Å²) in [5.41, 5.74) is -0.462. The number of rotatable bonds is 4. The highest BCUT2D eigenvalue weighted by molar-refractivity contribution is 7.92. The molecule has 0 aliphatic heterocycles. The van der Waals surface area contributed by atoms with Gasteiger partial charge in [-0.15, -0.1) is 13.2 Å². The first-order valence-electron chi connectivity index (χ1n) is 5.91. The highest BCUT2D eigenvalue weighted by Gasteiger charge is 2.34. The molecule has 4 nitrogen and oxygen atoms in total. The van der Waals surface area contributed by atoms with Crippen molar-refractivity contribution >= 4 is 27.3 Å². The number of benzene rings is 2. The normalized spacial score (nSPS) is 12.0. The van der Waals surface area contributed by atoms with Gasteiger partial charge in [-0.3, -0.25) is 4.72 Å². The van der Waals surface area contributed by atoms with Gasteiger partial charge in [-0.1, -0.05) is 23.7 Å². The average molecular weight is 370 g/mol. The van der Waals surface area contributed by atoms with Crippen molar-refractivity contribution in [3.8, 4) is 5.75 Å². The summed E-state index contributed by atoms with van der Waals surface area (Å²) < 4.78 is 80.5. The van der Waals surface area contributed by atoms with Crippen molar-refractivity contribution in [3.05, 3.63) is 53.3 Å². The number of hydrogen-bond acceptors (Lipinski definition) is 3. The van der Waals surface area contributed by atoms with Gasteiger partial charge in [0.05, 0.1) is 5.69 Å². The summed E-state index contributed by atoms with van der Waals surface area (Å²) in [5.74, 6) is -1.91. The quantitative estimate of drug-likeness (QED) is 0.823. The molecule has 0 saturated heterocycles. The van der Waals surface area contributed by atoms with Crippen LogP contribution in [0.5, 0.6) is 5.75 Å². The van der Waals surface area contributed by atoms with Crippen LogP contribution in [0.1, 0.15) is 0 Å². The van der Waals surface area contributed by atoms with Crippen LogP contribution in [0, 0.1) is 5.82 Å². The molecule has 2 aromatic rings. The van der Waals surface area contributed by atoms with Crippen LogP contribution in [-0.2, 0) is 10.0 Å². The van der Waals surface area contributed by atoms with E-state index in [-0.39, 0.29) is 5.02 Å². The number of anilines is 1. The Morgan fingerprint density at radius 1 is 1.09 bits per heavy atom. The first-order valence-corrected chi connectivity index (χ1v) is 7.77. The Labute approximate surface area is 133 Å². The number of ether oxygens (including phenoxy) is 1. The van der Waals surface area contributed by atoms with Crippen molar-refractivity contribution in [3.63, 3.8) is 0 Å². The third-order valence-electron chi connectivity index (χ3n) is 2.54. The molecule has 0 aliphatic carbocycles. The molecule has 0 fully saturated rings. The van der Waals surface area contributed by atoms with Crippen LogP contribution >= 0.6 is 11.6 Å². The van der Waals surface area contributed by atoms with Gasteiger partial charge in [-0.2, -0.15) is 0 Å². The van der Waals surface area contributed by atoms with Crippen molar-refractivity contribution in [2.24, 2.45) is 0 Å². The predicted molar refractivity (Wildman–Crippen MR) is 75.3 cm³/mol. The largest absolute Gasteiger partial charge is 0.573 e. The lowest BCUT2D eigenvalue weighted by atomic mass is 10.3. The second-order valence-electron chi connectivity index (χ2n) is 4.22. The van der Waals surface area contributed by atoms with Crippen LogP contribution in [0.15, 0.2) is 47.4 Å². The van der Waals surface area contributed by atoms with Gasteiger partial charge in [0.1, 0.15) is 16.5 Å². The minimum Gasteiger partial charge on any atom is -0.404 e. The molecule has 10 heteroatoms. The number of hydrogen-bond donors (Lipinski definition) is 1. The summed E-state index contributed by atoms with van der Waals surface area (Å²) in [7, 11) is -4.51. The van der Waals surface area contributed by atoms with Crippen LogP contribution < -0.4 is 9.46 Å². The molecule has 0 spiro atoms. The summed E-state index contributed by atoms with van der Waals surface area (Å²) in [6.07, 6.45) is -5.07. The van der Waals surface area contributed by atoms with Crippen molar-refractivity contribution in [1.29, 1.82) is 0 Å². The van der Waals surface area contributed by atoms with Gasteiger partial charge < -0.3 is 4.74 Å². The van der Waals surface area contributed by atoms with Gasteiger partial charge in [0.25, 0.3) is 10.0 Å². The standard InChI is InChI=1S/C13H8ClF4NO3S/c14-8-5-6-10(9(15)7-8)19-23(20,21)12-4-2-1-3-11(12)22-13(16,17)18/h1-7,19H. The van der Waals surface area contributed by atoms with E-state index in [1.54, 1.807) is 0 Å². The Kier molecular flexibility index (Phi) is 4.71. The number of para-hydroxylation sites is 1. The fourth-order valence-electron chi connectivity index (χ4n) is 1.65. The minimum absolute atomic E-state index is 0.0336. The fourth-order valence-corrected chi connectivity index (χ4v) is 3.01. The first-order chi connectivity index (χ1) is 10.6. The number of nitrogens with one attached hydrogen (secondary N) is 1. The Hall–Kier alpha value is -2.00. The van der Waals surface area contributed by atoms with E-state index < -0.39 is 38.5 Å². The van der Waals surface area contributed by atoms with E-state index in [0.29, 0.717) is 0 Å². The van der Waals surface area contributed by atoms with Gasteiger partial charge in [0, 0.05) is 5.02 Å². The zero-order valence-electron chi connectivity index (χ0n) is 11.1. The highest BCUT2D eigenvalue weighted by atomic mass is 35.5. The molecule has 1 N–H and O–H groups in total. The lowest BCUT2D eigenvalue weighted by Crippen LogP contribution is -2.21. The molecule has 0 bridgehead atoms. The lowest BCUT2D eigenvalue weighted by molar-refractivity contribution is -0.275. The molecule has 0 saturated carbocycles. The monoisotopic (exact) mass is 369 g/mol. The van der Waals surface area contributed by atoms with Gasteiger partial charge in [-0.25, -0.2) is 12.8 Å². The summed E-state index contributed by atoms with van der Waals surface area (Å²) in [4.78, 5) is -0.785. The number of sulfonamides is 1. The fraction of sp³-hybridized carbons (Fsp3) is 0.0769. The van der Waals surface area contributed by atoms with Crippen LogP contribution in [0.2, 0.25) is 5.02 Å². The molecular formula is C13H8ClF4NO3S. The molecule has 23 heavy (non-hydrogen) atoms. The maximum absolute atomic E-state index is 13.6. The third-order valence-corrected chi connectivity index (χ3v) is 4.18. The second kappa shape index (κ2) is 6.25. The van der Waals surface area contributed by atoms with Gasteiger partial charge >= 0.3 is 6.36 Å². The van der Waals surface area contributed by atoms with E-state index in [1.807, 2.05) is 4.72 Å². The van der Waals surface area contributed by atoms with Gasteiger partial charge in [-0.05, 0) is 30.3 Å². The van der Waals surface area contributed by atoms with E-state index in [9.17, 15) is 26.0 Å². The molecule has 2 rings (SSSR count). The predicted octanol–water partition coefficient (Wildman–Crippen LogP) is 4.18. The number of alkyl halides is 3. The third kappa shape index (κ3) is 4.49. The Bertz CT molecular complexity index is 824. The molecule has 0 heterocycles. The smallest absolute Gasteiger partial charge is 0.404 e. The van der Waals surface area contributed by atoms with E-state index in [4.69, 9.17) is 11.6 Å². The van der Waals surface area contributed by atoms with E-state index in [0.717, 1.165) is 24.3 Å².